The van der Waals surface area contributed by atoms with Crippen molar-refractivity contribution in [1.82, 2.24) is 4.90 Å². The van der Waals surface area contributed by atoms with E-state index in [2.05, 4.69) is 4.90 Å². The number of likely N-dealkylation sites (tertiary alicyclic amines) is 1. The number of furan rings is 1. The van der Waals surface area contributed by atoms with Gasteiger partial charge in [0.25, 0.3) is 0 Å². The molecule has 2 N–H and O–H groups in total. The number of aliphatic hydroxyl groups is 2. The molecule has 1 aliphatic heterocycles. The van der Waals surface area contributed by atoms with Crippen LogP contribution in [0.3, 0.4) is 0 Å². The maximum absolute atomic E-state index is 13.3. The van der Waals surface area contributed by atoms with Gasteiger partial charge in [-0.1, -0.05) is 12.1 Å². The molecule has 0 spiro atoms. The molecular weight excluding hydrogens is 297 g/mol. The second-order valence-electron chi connectivity index (χ2n) is 6.13. The Balaban J connectivity index is 1.60. The van der Waals surface area contributed by atoms with E-state index in [9.17, 15) is 14.6 Å². The van der Waals surface area contributed by atoms with Crippen molar-refractivity contribution in [3.8, 4) is 0 Å². The zero-order chi connectivity index (χ0) is 16.2. The summed E-state index contributed by atoms with van der Waals surface area (Å²) in [5.74, 6) is 0.232. The lowest BCUT2D eigenvalue weighted by Gasteiger charge is -2.28. The second kappa shape index (κ2) is 7.25. The number of halogens is 1. The summed E-state index contributed by atoms with van der Waals surface area (Å²) in [6.07, 6.45) is 2.77. The van der Waals surface area contributed by atoms with E-state index in [1.165, 1.54) is 12.1 Å². The van der Waals surface area contributed by atoms with Crippen LogP contribution in [-0.2, 0) is 0 Å². The maximum Gasteiger partial charge on any atom is 0.132 e. The summed E-state index contributed by atoms with van der Waals surface area (Å²) < 4.78 is 18.5. The van der Waals surface area contributed by atoms with E-state index in [0.29, 0.717) is 24.3 Å². The second-order valence-corrected chi connectivity index (χ2v) is 6.13. The van der Waals surface area contributed by atoms with Gasteiger partial charge in [0.1, 0.15) is 17.7 Å². The Labute approximate surface area is 135 Å². The average molecular weight is 319 g/mol. The smallest absolute Gasteiger partial charge is 0.132 e. The topological polar surface area (TPSA) is 56.8 Å². The van der Waals surface area contributed by atoms with Crippen molar-refractivity contribution in [2.75, 3.05) is 13.1 Å². The zero-order valence-corrected chi connectivity index (χ0v) is 12.9. The molecule has 0 saturated carbocycles. The first-order chi connectivity index (χ1) is 11.1. The number of hydrogen-bond donors (Lipinski definition) is 2. The summed E-state index contributed by atoms with van der Waals surface area (Å²) in [4.78, 5) is 2.17. The number of hydrogen-bond acceptors (Lipinski definition) is 4. The molecule has 3 unspecified atom stereocenters. The van der Waals surface area contributed by atoms with Crippen LogP contribution in [-0.4, -0.2) is 34.2 Å². The molecule has 0 bridgehead atoms. The number of benzene rings is 1. The van der Waals surface area contributed by atoms with Crippen LogP contribution in [0, 0.1) is 5.82 Å². The van der Waals surface area contributed by atoms with E-state index in [1.807, 2.05) is 0 Å². The third-order valence-corrected chi connectivity index (χ3v) is 4.51. The van der Waals surface area contributed by atoms with Crippen LogP contribution in [0.25, 0.3) is 0 Å². The van der Waals surface area contributed by atoms with Gasteiger partial charge in [-0.05, 0) is 55.6 Å². The predicted molar refractivity (Wildman–Crippen MR) is 84.2 cm³/mol. The standard InChI is InChI=1S/C18H22FNO3/c19-14-5-1-4-13(10-14)17(22)12-20-8-2-6-15(20)11-16(21)18-7-3-9-23-18/h1,3-5,7,9-10,15-17,21-22H,2,6,8,11-12H2. The Hall–Kier alpha value is -1.69. The first-order valence-corrected chi connectivity index (χ1v) is 8.02. The highest BCUT2D eigenvalue weighted by Crippen LogP contribution is 2.29. The largest absolute Gasteiger partial charge is 0.467 e. The fourth-order valence-electron chi connectivity index (χ4n) is 3.30. The van der Waals surface area contributed by atoms with Gasteiger partial charge in [-0.3, -0.25) is 4.90 Å². The monoisotopic (exact) mass is 319 g/mol. The van der Waals surface area contributed by atoms with Gasteiger partial charge in [0, 0.05) is 12.6 Å². The van der Waals surface area contributed by atoms with Crippen molar-refractivity contribution < 1.29 is 19.0 Å². The lowest BCUT2D eigenvalue weighted by Crippen LogP contribution is -2.34. The van der Waals surface area contributed by atoms with E-state index in [-0.39, 0.29) is 11.9 Å². The van der Waals surface area contributed by atoms with E-state index in [0.717, 1.165) is 19.4 Å². The Morgan fingerprint density at radius 1 is 1.22 bits per heavy atom. The lowest BCUT2D eigenvalue weighted by atomic mass is 10.0. The number of β-amino-alcohol motifs (C(OH)–C–C–N with tert-alkyl or cyclic N) is 1. The minimum Gasteiger partial charge on any atom is -0.467 e. The van der Waals surface area contributed by atoms with Gasteiger partial charge in [-0.2, -0.15) is 0 Å². The van der Waals surface area contributed by atoms with Crippen LogP contribution in [0.5, 0.6) is 0 Å². The minimum absolute atomic E-state index is 0.193. The van der Waals surface area contributed by atoms with Crippen molar-refractivity contribution in [3.63, 3.8) is 0 Å². The van der Waals surface area contributed by atoms with Gasteiger partial charge in [-0.25, -0.2) is 4.39 Å². The van der Waals surface area contributed by atoms with Crippen LogP contribution in [0.1, 0.15) is 42.8 Å². The van der Waals surface area contributed by atoms with Crippen LogP contribution in [0.2, 0.25) is 0 Å². The molecule has 124 valence electrons. The molecule has 23 heavy (non-hydrogen) atoms. The Bertz CT molecular complexity index is 616. The van der Waals surface area contributed by atoms with Crippen LogP contribution in [0.15, 0.2) is 47.1 Å². The number of aliphatic hydroxyl groups excluding tert-OH is 2. The summed E-state index contributed by atoms with van der Waals surface area (Å²) in [7, 11) is 0. The molecule has 1 aromatic heterocycles. The van der Waals surface area contributed by atoms with Crippen molar-refractivity contribution in [2.24, 2.45) is 0 Å². The summed E-state index contributed by atoms with van der Waals surface area (Å²) in [5.41, 5.74) is 0.585. The molecular formula is C18H22FNO3. The van der Waals surface area contributed by atoms with Crippen LogP contribution in [0.4, 0.5) is 4.39 Å². The van der Waals surface area contributed by atoms with Gasteiger partial charge in [0.2, 0.25) is 0 Å². The van der Waals surface area contributed by atoms with Gasteiger partial charge in [0.15, 0.2) is 0 Å². The maximum atomic E-state index is 13.3. The third kappa shape index (κ3) is 3.99. The zero-order valence-electron chi connectivity index (χ0n) is 12.9. The van der Waals surface area contributed by atoms with Crippen molar-refractivity contribution in [1.29, 1.82) is 0 Å². The molecule has 3 atom stereocenters. The van der Waals surface area contributed by atoms with Crippen molar-refractivity contribution in [3.05, 3.63) is 59.8 Å². The average Bonchev–Trinajstić information content (AvgIpc) is 3.19. The number of rotatable bonds is 6. The Morgan fingerprint density at radius 2 is 2.09 bits per heavy atom. The summed E-state index contributed by atoms with van der Waals surface area (Å²) in [5, 5.41) is 20.6. The molecule has 5 heteroatoms. The quantitative estimate of drug-likeness (QED) is 0.859. The van der Waals surface area contributed by atoms with E-state index in [4.69, 9.17) is 4.42 Å². The molecule has 3 rings (SSSR count). The minimum atomic E-state index is -0.730. The van der Waals surface area contributed by atoms with Crippen molar-refractivity contribution in [2.45, 2.75) is 37.5 Å². The molecule has 0 radical (unpaired) electrons. The summed E-state index contributed by atoms with van der Waals surface area (Å²) >= 11 is 0. The van der Waals surface area contributed by atoms with Gasteiger partial charge in [0.05, 0.1) is 12.4 Å². The molecule has 1 aromatic carbocycles. The van der Waals surface area contributed by atoms with Gasteiger partial charge >= 0.3 is 0 Å². The number of nitrogens with zero attached hydrogens (tertiary/aromatic N) is 1. The first kappa shape index (κ1) is 16.2. The molecule has 4 nitrogen and oxygen atoms in total. The molecule has 0 amide bonds. The van der Waals surface area contributed by atoms with Crippen molar-refractivity contribution >= 4 is 0 Å². The predicted octanol–water partition coefficient (Wildman–Crippen LogP) is 3.04. The summed E-state index contributed by atoms with van der Waals surface area (Å²) in [6.45, 7) is 1.32. The molecule has 1 aliphatic rings. The summed E-state index contributed by atoms with van der Waals surface area (Å²) in [6, 6.07) is 9.80. The van der Waals surface area contributed by atoms with Gasteiger partial charge < -0.3 is 14.6 Å². The van der Waals surface area contributed by atoms with E-state index in [1.54, 1.807) is 30.5 Å². The normalized spacial score (nSPS) is 21.4. The SMILES string of the molecule is OC(CN1CCCC1CC(O)c1ccco1)c1cccc(F)c1. The molecule has 2 aromatic rings. The van der Waals surface area contributed by atoms with Crippen LogP contribution >= 0.6 is 0 Å². The van der Waals surface area contributed by atoms with Gasteiger partial charge in [-0.15, -0.1) is 0 Å². The highest BCUT2D eigenvalue weighted by atomic mass is 19.1. The van der Waals surface area contributed by atoms with Crippen LogP contribution < -0.4 is 0 Å². The Kier molecular flexibility index (Phi) is 5.10. The highest BCUT2D eigenvalue weighted by Gasteiger charge is 2.29. The molecule has 2 heterocycles. The molecule has 1 fully saturated rings. The fourth-order valence-corrected chi connectivity index (χ4v) is 3.30. The first-order valence-electron chi connectivity index (χ1n) is 8.02. The fraction of sp³-hybridized carbons (Fsp3) is 0.444. The highest BCUT2D eigenvalue weighted by molar-refractivity contribution is 5.19. The molecule has 1 saturated heterocycles. The third-order valence-electron chi connectivity index (χ3n) is 4.51. The van der Waals surface area contributed by atoms with E-state index >= 15 is 0 Å². The lowest BCUT2D eigenvalue weighted by molar-refractivity contribution is 0.0707. The Morgan fingerprint density at radius 3 is 2.83 bits per heavy atom. The molecule has 0 aliphatic carbocycles. The van der Waals surface area contributed by atoms with E-state index < -0.39 is 12.2 Å².